The second-order valence-electron chi connectivity index (χ2n) is 9.43. The molecular formula is C29H27N3O2S. The van der Waals surface area contributed by atoms with E-state index >= 15 is 0 Å². The Bertz CT molecular complexity index is 1510. The molecule has 5 aromatic rings. The fraction of sp³-hybridized carbons (Fsp3) is 0.241. The highest BCUT2D eigenvalue weighted by molar-refractivity contribution is 7.23. The maximum absolute atomic E-state index is 11.4. The van der Waals surface area contributed by atoms with Crippen LogP contribution in [-0.4, -0.2) is 38.4 Å². The smallest absolute Gasteiger partial charge is 0.306 e. The predicted molar refractivity (Wildman–Crippen MR) is 142 cm³/mol. The molecule has 6 heteroatoms. The van der Waals surface area contributed by atoms with Crippen molar-refractivity contribution in [1.82, 2.24) is 14.3 Å². The molecule has 35 heavy (non-hydrogen) atoms. The molecule has 2 aromatic heterocycles. The Labute approximate surface area is 208 Å². The zero-order valence-electron chi connectivity index (χ0n) is 19.6. The Kier molecular flexibility index (Phi) is 5.63. The molecule has 3 heterocycles. The van der Waals surface area contributed by atoms with Gasteiger partial charge in [0.05, 0.1) is 27.5 Å². The Balaban J connectivity index is 1.42. The lowest BCUT2D eigenvalue weighted by Gasteiger charge is -2.30. The van der Waals surface area contributed by atoms with Crippen molar-refractivity contribution < 1.29 is 9.90 Å². The summed E-state index contributed by atoms with van der Waals surface area (Å²) in [6, 6.07) is 25.7. The van der Waals surface area contributed by atoms with E-state index in [2.05, 4.69) is 83.0 Å². The standard InChI is InChI=1S/C29H27N3O2S/c1-19-7-12-26-24(17-19)32-25(18-31-15-13-23(14-16-31)28(33)34)27(30-29(32)35-26)22-10-8-21(9-11-22)20-5-3-2-4-6-20/h2-12,17,23H,13-16,18H2,1H3,(H,33,34). The average molecular weight is 482 g/mol. The number of hydrogen-bond acceptors (Lipinski definition) is 4. The lowest BCUT2D eigenvalue weighted by atomic mass is 9.97. The molecule has 1 aliphatic heterocycles. The summed E-state index contributed by atoms with van der Waals surface area (Å²) in [5.41, 5.74) is 8.11. The fourth-order valence-electron chi connectivity index (χ4n) is 5.11. The summed E-state index contributed by atoms with van der Waals surface area (Å²) in [5.74, 6) is -0.902. The molecule has 5 nitrogen and oxygen atoms in total. The van der Waals surface area contributed by atoms with Crippen LogP contribution in [0, 0.1) is 12.8 Å². The van der Waals surface area contributed by atoms with Crippen molar-refractivity contribution in [3.8, 4) is 22.4 Å². The number of carboxylic acids is 1. The van der Waals surface area contributed by atoms with Crippen LogP contribution >= 0.6 is 11.3 Å². The number of nitrogens with zero attached hydrogens (tertiary/aromatic N) is 3. The molecule has 3 aromatic carbocycles. The summed E-state index contributed by atoms with van der Waals surface area (Å²) in [4.78, 5) is 19.9. The number of imidazole rings is 1. The molecular weight excluding hydrogens is 454 g/mol. The number of piperidine rings is 1. The van der Waals surface area contributed by atoms with E-state index in [0.29, 0.717) is 12.8 Å². The zero-order valence-corrected chi connectivity index (χ0v) is 20.5. The first kappa shape index (κ1) is 22.0. The molecule has 0 saturated carbocycles. The summed E-state index contributed by atoms with van der Waals surface area (Å²) < 4.78 is 3.55. The number of aliphatic carboxylic acids is 1. The lowest BCUT2D eigenvalue weighted by molar-refractivity contribution is -0.143. The highest BCUT2D eigenvalue weighted by Gasteiger charge is 2.27. The van der Waals surface area contributed by atoms with Crippen molar-refractivity contribution in [3.05, 3.63) is 84.1 Å². The molecule has 1 aliphatic rings. The Hall–Kier alpha value is -3.48. The quantitative estimate of drug-likeness (QED) is 0.312. The van der Waals surface area contributed by atoms with E-state index in [9.17, 15) is 9.90 Å². The van der Waals surface area contributed by atoms with Crippen LogP contribution in [0.25, 0.3) is 37.6 Å². The van der Waals surface area contributed by atoms with E-state index < -0.39 is 5.97 Å². The summed E-state index contributed by atoms with van der Waals surface area (Å²) >= 11 is 1.72. The summed E-state index contributed by atoms with van der Waals surface area (Å²) in [7, 11) is 0. The SMILES string of the molecule is Cc1ccc2sc3nc(-c4ccc(-c5ccccc5)cc4)c(CN4CCC(C(=O)O)CC4)n3c2c1. The molecule has 6 rings (SSSR count). The van der Waals surface area contributed by atoms with Crippen molar-refractivity contribution >= 4 is 32.5 Å². The van der Waals surface area contributed by atoms with Crippen molar-refractivity contribution in [2.24, 2.45) is 5.92 Å². The van der Waals surface area contributed by atoms with Crippen LogP contribution in [0.3, 0.4) is 0 Å². The normalized spacial score (nSPS) is 15.2. The monoisotopic (exact) mass is 481 g/mol. The number of aryl methyl sites for hydroxylation is 1. The minimum atomic E-state index is -0.671. The summed E-state index contributed by atoms with van der Waals surface area (Å²) in [6.07, 6.45) is 1.39. The topological polar surface area (TPSA) is 57.8 Å². The highest BCUT2D eigenvalue weighted by Crippen LogP contribution is 2.35. The largest absolute Gasteiger partial charge is 0.481 e. The van der Waals surface area contributed by atoms with Crippen LogP contribution < -0.4 is 0 Å². The van der Waals surface area contributed by atoms with Gasteiger partial charge in [0.15, 0.2) is 4.96 Å². The predicted octanol–water partition coefficient (Wildman–Crippen LogP) is 6.49. The molecule has 0 spiro atoms. The molecule has 1 fully saturated rings. The number of carbonyl (C=O) groups is 1. The summed E-state index contributed by atoms with van der Waals surface area (Å²) in [6.45, 7) is 4.46. The molecule has 1 N–H and O–H groups in total. The van der Waals surface area contributed by atoms with Gasteiger partial charge >= 0.3 is 5.97 Å². The van der Waals surface area contributed by atoms with Gasteiger partial charge in [-0.1, -0.05) is 72.0 Å². The van der Waals surface area contributed by atoms with E-state index in [1.165, 1.54) is 32.6 Å². The number of thiazole rings is 1. The summed E-state index contributed by atoms with van der Waals surface area (Å²) in [5, 5.41) is 9.41. The molecule has 0 radical (unpaired) electrons. The molecule has 0 bridgehead atoms. The highest BCUT2D eigenvalue weighted by atomic mass is 32.1. The van der Waals surface area contributed by atoms with Crippen LogP contribution in [0.4, 0.5) is 0 Å². The lowest BCUT2D eigenvalue weighted by Crippen LogP contribution is -2.36. The van der Waals surface area contributed by atoms with Crippen LogP contribution in [0.1, 0.15) is 24.1 Å². The van der Waals surface area contributed by atoms with E-state index in [-0.39, 0.29) is 5.92 Å². The third-order valence-corrected chi connectivity index (χ3v) is 8.10. The van der Waals surface area contributed by atoms with E-state index in [0.717, 1.165) is 35.9 Å². The van der Waals surface area contributed by atoms with Crippen LogP contribution in [0.2, 0.25) is 0 Å². The molecule has 176 valence electrons. The van der Waals surface area contributed by atoms with Crippen LogP contribution in [0.15, 0.2) is 72.8 Å². The minimum Gasteiger partial charge on any atom is -0.481 e. The van der Waals surface area contributed by atoms with Crippen LogP contribution in [-0.2, 0) is 11.3 Å². The number of rotatable bonds is 5. The van der Waals surface area contributed by atoms with Gasteiger partial charge in [0.25, 0.3) is 0 Å². The second kappa shape index (κ2) is 8.95. The molecule has 0 atom stereocenters. The fourth-order valence-corrected chi connectivity index (χ4v) is 6.14. The zero-order chi connectivity index (χ0) is 23.9. The number of fused-ring (bicyclic) bond motifs is 3. The van der Waals surface area contributed by atoms with E-state index in [1.54, 1.807) is 11.3 Å². The maximum Gasteiger partial charge on any atom is 0.306 e. The van der Waals surface area contributed by atoms with Gasteiger partial charge in [-0.25, -0.2) is 4.98 Å². The first-order valence-electron chi connectivity index (χ1n) is 12.1. The number of aromatic nitrogens is 2. The van der Waals surface area contributed by atoms with Gasteiger partial charge in [-0.2, -0.15) is 0 Å². The molecule has 1 saturated heterocycles. The van der Waals surface area contributed by atoms with Crippen LogP contribution in [0.5, 0.6) is 0 Å². The van der Waals surface area contributed by atoms with Crippen molar-refractivity contribution in [1.29, 1.82) is 0 Å². The average Bonchev–Trinajstić information content (AvgIpc) is 3.41. The number of carboxylic acid groups (broad SMARTS) is 1. The van der Waals surface area contributed by atoms with Crippen molar-refractivity contribution in [3.63, 3.8) is 0 Å². The number of likely N-dealkylation sites (tertiary alicyclic amines) is 1. The van der Waals surface area contributed by atoms with Crippen molar-refractivity contribution in [2.45, 2.75) is 26.3 Å². The van der Waals surface area contributed by atoms with Gasteiger partial charge in [-0.15, -0.1) is 0 Å². The Morgan fingerprint density at radius 1 is 0.971 bits per heavy atom. The molecule has 0 unspecified atom stereocenters. The van der Waals surface area contributed by atoms with Gasteiger partial charge < -0.3 is 5.11 Å². The van der Waals surface area contributed by atoms with Gasteiger partial charge in [-0.3, -0.25) is 14.1 Å². The molecule has 0 aliphatic carbocycles. The first-order valence-corrected chi connectivity index (χ1v) is 12.9. The van der Waals surface area contributed by atoms with Gasteiger partial charge in [0.1, 0.15) is 0 Å². The Morgan fingerprint density at radius 2 is 1.66 bits per heavy atom. The van der Waals surface area contributed by atoms with E-state index in [1.807, 2.05) is 6.07 Å². The van der Waals surface area contributed by atoms with Gasteiger partial charge in [-0.05, 0) is 61.7 Å². The minimum absolute atomic E-state index is 0.230. The number of benzene rings is 3. The first-order chi connectivity index (χ1) is 17.1. The number of hydrogen-bond donors (Lipinski definition) is 1. The van der Waals surface area contributed by atoms with Gasteiger partial charge in [0.2, 0.25) is 0 Å². The third-order valence-electron chi connectivity index (χ3n) is 7.07. The van der Waals surface area contributed by atoms with E-state index in [4.69, 9.17) is 4.98 Å². The Morgan fingerprint density at radius 3 is 2.37 bits per heavy atom. The maximum atomic E-state index is 11.4. The third kappa shape index (κ3) is 4.13. The van der Waals surface area contributed by atoms with Crippen molar-refractivity contribution in [2.75, 3.05) is 13.1 Å². The second-order valence-corrected chi connectivity index (χ2v) is 10.4. The molecule has 0 amide bonds. The van der Waals surface area contributed by atoms with Gasteiger partial charge in [0, 0.05) is 12.1 Å².